The van der Waals surface area contributed by atoms with Crippen molar-refractivity contribution in [1.29, 1.82) is 0 Å². The second kappa shape index (κ2) is 4.21. The van der Waals surface area contributed by atoms with Crippen molar-refractivity contribution in [3.05, 3.63) is 42.0 Å². The molecule has 2 aromatic carbocycles. The molecule has 0 unspecified atom stereocenters. The van der Waals surface area contributed by atoms with Gasteiger partial charge in [-0.2, -0.15) is 8.42 Å². The highest BCUT2D eigenvalue weighted by Gasteiger charge is 2.33. The number of amides is 1. The average Bonchev–Trinajstić information content (AvgIpc) is 2.48. The molecule has 2 heterocycles. The van der Waals surface area contributed by atoms with Crippen molar-refractivity contribution in [3.8, 4) is 11.5 Å². The van der Waals surface area contributed by atoms with Gasteiger partial charge in [-0.05, 0) is 24.3 Å². The Morgan fingerprint density at radius 2 is 2.00 bits per heavy atom. The van der Waals surface area contributed by atoms with E-state index in [9.17, 15) is 13.2 Å². The van der Waals surface area contributed by atoms with E-state index in [0.29, 0.717) is 28.4 Å². The number of hydrogen-bond acceptors (Lipinski definition) is 5. The largest absolute Gasteiger partial charge is 0.453 e. The molecule has 0 saturated heterocycles. The standard InChI is InChI=1S/C14H10N2O5S/c17-14-9-2-1-3-11-13(9)16(7-15-14)10-5-4-8(22(18,19)20)6-12(10)21-11/h1-6H,7H2,(H,15,17)(H,18,19,20). The van der Waals surface area contributed by atoms with Crippen LogP contribution in [0.25, 0.3) is 0 Å². The minimum atomic E-state index is -4.31. The van der Waals surface area contributed by atoms with E-state index in [4.69, 9.17) is 9.29 Å². The predicted molar refractivity (Wildman–Crippen MR) is 77.2 cm³/mol. The van der Waals surface area contributed by atoms with Gasteiger partial charge in [0.1, 0.15) is 0 Å². The van der Waals surface area contributed by atoms with Crippen molar-refractivity contribution >= 4 is 27.4 Å². The van der Waals surface area contributed by atoms with Gasteiger partial charge in [0.25, 0.3) is 16.0 Å². The first kappa shape index (κ1) is 13.1. The second-order valence-corrected chi connectivity index (χ2v) is 6.37. The van der Waals surface area contributed by atoms with Crippen molar-refractivity contribution in [1.82, 2.24) is 5.32 Å². The first-order chi connectivity index (χ1) is 10.4. The summed E-state index contributed by atoms with van der Waals surface area (Å²) in [4.78, 5) is 13.5. The lowest BCUT2D eigenvalue weighted by atomic mass is 10.1. The molecular formula is C14H10N2O5S. The molecule has 22 heavy (non-hydrogen) atoms. The predicted octanol–water partition coefficient (Wildman–Crippen LogP) is 1.88. The topological polar surface area (TPSA) is 95.9 Å². The van der Waals surface area contributed by atoms with Crippen LogP contribution in [0.2, 0.25) is 0 Å². The lowest BCUT2D eigenvalue weighted by Crippen LogP contribution is -2.42. The Kier molecular flexibility index (Phi) is 2.51. The number of benzene rings is 2. The summed E-state index contributed by atoms with van der Waals surface area (Å²) in [6.07, 6.45) is 0. The molecule has 7 nitrogen and oxygen atoms in total. The van der Waals surface area contributed by atoms with E-state index in [1.807, 2.05) is 4.90 Å². The van der Waals surface area contributed by atoms with Gasteiger partial charge < -0.3 is 15.0 Å². The molecule has 0 fully saturated rings. The van der Waals surface area contributed by atoms with Crippen LogP contribution < -0.4 is 15.0 Å². The number of nitrogens with one attached hydrogen (secondary N) is 1. The van der Waals surface area contributed by atoms with E-state index < -0.39 is 10.1 Å². The van der Waals surface area contributed by atoms with Gasteiger partial charge in [0.05, 0.1) is 28.5 Å². The lowest BCUT2D eigenvalue weighted by molar-refractivity contribution is 0.0948. The van der Waals surface area contributed by atoms with Gasteiger partial charge in [-0.3, -0.25) is 9.35 Å². The molecule has 0 radical (unpaired) electrons. The zero-order chi connectivity index (χ0) is 15.5. The van der Waals surface area contributed by atoms with Crippen LogP contribution in [0.4, 0.5) is 11.4 Å². The SMILES string of the molecule is O=C1NCN2c3ccc(S(=O)(=O)O)cc3Oc3cccc1c32. The van der Waals surface area contributed by atoms with Crippen molar-refractivity contribution in [2.24, 2.45) is 0 Å². The molecule has 2 aromatic rings. The van der Waals surface area contributed by atoms with E-state index in [0.717, 1.165) is 0 Å². The summed E-state index contributed by atoms with van der Waals surface area (Å²) in [7, 11) is -4.31. The first-order valence-electron chi connectivity index (χ1n) is 6.43. The normalized spacial score (nSPS) is 15.5. The van der Waals surface area contributed by atoms with Gasteiger partial charge in [-0.15, -0.1) is 0 Å². The van der Waals surface area contributed by atoms with Gasteiger partial charge in [-0.25, -0.2) is 0 Å². The van der Waals surface area contributed by atoms with Crippen LogP contribution in [-0.2, 0) is 10.1 Å². The maximum Gasteiger partial charge on any atom is 0.294 e. The van der Waals surface area contributed by atoms with Crippen LogP contribution in [0.1, 0.15) is 10.4 Å². The molecule has 112 valence electrons. The van der Waals surface area contributed by atoms with Crippen LogP contribution >= 0.6 is 0 Å². The molecule has 0 saturated carbocycles. The number of rotatable bonds is 1. The monoisotopic (exact) mass is 318 g/mol. The molecule has 0 aliphatic carbocycles. The fourth-order valence-corrected chi connectivity index (χ4v) is 3.17. The van der Waals surface area contributed by atoms with E-state index in [1.54, 1.807) is 18.2 Å². The summed E-state index contributed by atoms with van der Waals surface area (Å²) in [5.74, 6) is 0.581. The fraction of sp³-hybridized carbons (Fsp3) is 0.0714. The minimum Gasteiger partial charge on any atom is -0.453 e. The lowest BCUT2D eigenvalue weighted by Gasteiger charge is -2.37. The third-order valence-corrected chi connectivity index (χ3v) is 4.50. The molecule has 1 amide bonds. The zero-order valence-corrected chi connectivity index (χ0v) is 11.9. The molecule has 2 N–H and O–H groups in total. The number of para-hydroxylation sites is 1. The molecule has 8 heteroatoms. The summed E-state index contributed by atoms with van der Waals surface area (Å²) in [6, 6.07) is 9.18. The second-order valence-electron chi connectivity index (χ2n) is 4.95. The Labute approximate surface area is 125 Å². The van der Waals surface area contributed by atoms with Gasteiger partial charge >= 0.3 is 0 Å². The van der Waals surface area contributed by atoms with E-state index >= 15 is 0 Å². The van der Waals surface area contributed by atoms with Crippen LogP contribution in [0, 0.1) is 0 Å². The summed E-state index contributed by atoms with van der Waals surface area (Å²) in [5, 5.41) is 2.75. The maximum atomic E-state index is 11.9. The zero-order valence-electron chi connectivity index (χ0n) is 11.1. The van der Waals surface area contributed by atoms with Crippen LogP contribution in [0.5, 0.6) is 11.5 Å². The molecule has 4 rings (SSSR count). The summed E-state index contributed by atoms with van der Waals surface area (Å²) in [5.41, 5.74) is 1.76. The molecule has 0 atom stereocenters. The van der Waals surface area contributed by atoms with Gasteiger partial charge in [0, 0.05) is 6.07 Å². The highest BCUT2D eigenvalue weighted by Crippen LogP contribution is 2.49. The van der Waals surface area contributed by atoms with E-state index in [1.165, 1.54) is 18.2 Å². The third kappa shape index (κ3) is 1.78. The van der Waals surface area contributed by atoms with Gasteiger partial charge in [0.15, 0.2) is 11.5 Å². The summed E-state index contributed by atoms with van der Waals surface area (Å²) < 4.78 is 37.4. The highest BCUT2D eigenvalue weighted by atomic mass is 32.2. The Balaban J connectivity index is 1.93. The Morgan fingerprint density at radius 1 is 1.18 bits per heavy atom. The molecule has 0 aromatic heterocycles. The number of nitrogens with zero attached hydrogens (tertiary/aromatic N) is 1. The van der Waals surface area contributed by atoms with E-state index in [2.05, 4.69) is 5.32 Å². The molecule has 0 spiro atoms. The summed E-state index contributed by atoms with van der Waals surface area (Å²) in [6.45, 7) is 0.254. The first-order valence-corrected chi connectivity index (χ1v) is 7.87. The number of carbonyl (C=O) groups is 1. The Bertz CT molecular complexity index is 923. The minimum absolute atomic E-state index is 0.185. The molecule has 2 aliphatic heterocycles. The average molecular weight is 318 g/mol. The van der Waals surface area contributed by atoms with Crippen molar-refractivity contribution in [3.63, 3.8) is 0 Å². The van der Waals surface area contributed by atoms with Gasteiger partial charge in [-0.1, -0.05) is 6.07 Å². The number of fused-ring (bicyclic) bond motifs is 2. The van der Waals surface area contributed by atoms with Crippen LogP contribution in [-0.4, -0.2) is 25.5 Å². The highest BCUT2D eigenvalue weighted by molar-refractivity contribution is 7.85. The number of carbonyl (C=O) groups excluding carboxylic acids is 1. The maximum absolute atomic E-state index is 11.9. The summed E-state index contributed by atoms with van der Waals surface area (Å²) >= 11 is 0. The van der Waals surface area contributed by atoms with Crippen molar-refractivity contribution in [2.45, 2.75) is 4.90 Å². The molecular weight excluding hydrogens is 308 g/mol. The smallest absolute Gasteiger partial charge is 0.294 e. The van der Waals surface area contributed by atoms with Crippen molar-refractivity contribution in [2.75, 3.05) is 11.6 Å². The number of ether oxygens (including phenoxy) is 1. The van der Waals surface area contributed by atoms with Crippen molar-refractivity contribution < 1.29 is 22.5 Å². The quantitative estimate of drug-likeness (QED) is 0.779. The Hall–Kier alpha value is -2.58. The van der Waals surface area contributed by atoms with Crippen LogP contribution in [0.15, 0.2) is 41.3 Å². The third-order valence-electron chi connectivity index (χ3n) is 3.65. The van der Waals surface area contributed by atoms with Gasteiger partial charge in [0.2, 0.25) is 0 Å². The van der Waals surface area contributed by atoms with E-state index in [-0.39, 0.29) is 17.5 Å². The fourth-order valence-electron chi connectivity index (χ4n) is 2.68. The Morgan fingerprint density at radius 3 is 2.77 bits per heavy atom. The molecule has 2 aliphatic rings. The van der Waals surface area contributed by atoms with Crippen LogP contribution in [0.3, 0.4) is 0 Å². The molecule has 0 bridgehead atoms. The number of anilines is 2. The number of hydrogen-bond donors (Lipinski definition) is 2.